The molecule has 4 nitrogen and oxygen atoms in total. The van der Waals surface area contributed by atoms with Crippen LogP contribution in [0, 0.1) is 22.2 Å². The predicted molar refractivity (Wildman–Crippen MR) is 134 cm³/mol. The van der Waals surface area contributed by atoms with E-state index in [1.54, 1.807) is 5.57 Å². The van der Waals surface area contributed by atoms with Crippen LogP contribution in [0.25, 0.3) is 0 Å². The average molecular weight is 446 g/mol. The van der Waals surface area contributed by atoms with Gasteiger partial charge in [0, 0.05) is 6.42 Å². The summed E-state index contributed by atoms with van der Waals surface area (Å²) in [5, 5.41) is 23.3. The first-order valence-electron chi connectivity index (χ1n) is 13.0. The molecule has 5 atom stereocenters. The topological polar surface area (TPSA) is 69.9 Å². The number of allylic oxidation sites excluding steroid dienone is 3. The summed E-state index contributed by atoms with van der Waals surface area (Å²) in [6, 6.07) is -0.341. The van der Waals surface area contributed by atoms with Crippen LogP contribution < -0.4 is 0 Å². The maximum Gasteiger partial charge on any atom is 0.0987 e. The predicted octanol–water partition coefficient (Wildman–Crippen LogP) is 7.26. The third kappa shape index (κ3) is 6.63. The van der Waals surface area contributed by atoms with Gasteiger partial charge in [-0.1, -0.05) is 63.1 Å². The summed E-state index contributed by atoms with van der Waals surface area (Å²) in [7, 11) is 0. The summed E-state index contributed by atoms with van der Waals surface area (Å²) < 4.78 is 0. The molecule has 0 aromatic rings. The molecule has 0 heterocycles. The second-order valence-electron chi connectivity index (χ2n) is 10.9. The van der Waals surface area contributed by atoms with E-state index in [-0.39, 0.29) is 6.04 Å². The van der Waals surface area contributed by atoms with Gasteiger partial charge in [-0.3, -0.25) is 0 Å². The molecule has 0 radical (unpaired) electrons. The number of nitrogens with zero attached hydrogens (tertiary/aromatic N) is 1. The molecule has 3 aliphatic rings. The normalized spacial score (nSPS) is 35.4. The molecule has 0 saturated heterocycles. The summed E-state index contributed by atoms with van der Waals surface area (Å²) in [5.41, 5.74) is 3.11. The molecular formula is C28H47NO3. The van der Waals surface area contributed by atoms with Crippen molar-refractivity contribution in [1.29, 1.82) is 0 Å². The largest absolute Gasteiger partial charge is 0.390 e. The van der Waals surface area contributed by atoms with E-state index in [0.717, 1.165) is 36.3 Å². The van der Waals surface area contributed by atoms with Crippen molar-refractivity contribution in [3.8, 4) is 0 Å². The van der Waals surface area contributed by atoms with E-state index in [1.165, 1.54) is 38.5 Å². The first-order chi connectivity index (χ1) is 15.1. The standard InChI is InChI=1S/C26H41NO3.C2H6/c1-18-20(16-22(27-30)17-24(18)28)11-10-19-8-7-15-26(4)21(12-13-23(19)26)9-5-6-14-25(2,3)29;1-2/h10-11,21-24,28-29H,1,5-9,12-17H2,2-4H3;1-2H3/b19-10+,20-11-;/t21-,22+,23-,24?,26?;/m0./s1. The molecule has 0 aromatic heterocycles. The van der Waals surface area contributed by atoms with Gasteiger partial charge in [0.1, 0.15) is 0 Å². The number of hydrogen-bond acceptors (Lipinski definition) is 4. The molecule has 2 unspecified atom stereocenters. The fourth-order valence-electron chi connectivity index (χ4n) is 6.31. The summed E-state index contributed by atoms with van der Waals surface area (Å²) in [4.78, 5) is 11.0. The second-order valence-corrected chi connectivity index (χ2v) is 10.9. The molecule has 3 saturated carbocycles. The Balaban J connectivity index is 0.00000176. The van der Waals surface area contributed by atoms with E-state index in [4.69, 9.17) is 0 Å². The Kier molecular flexibility index (Phi) is 9.90. The zero-order chi connectivity index (χ0) is 23.9. The van der Waals surface area contributed by atoms with Crippen molar-refractivity contribution in [2.24, 2.45) is 22.4 Å². The van der Waals surface area contributed by atoms with Gasteiger partial charge in [-0.2, -0.15) is 4.91 Å². The van der Waals surface area contributed by atoms with Gasteiger partial charge in [0.2, 0.25) is 0 Å². The molecule has 2 N–H and O–H groups in total. The minimum atomic E-state index is -0.650. The zero-order valence-corrected chi connectivity index (χ0v) is 21.2. The van der Waals surface area contributed by atoms with Crippen LogP contribution in [0.2, 0.25) is 0 Å². The van der Waals surface area contributed by atoms with Crippen molar-refractivity contribution >= 4 is 0 Å². The minimum Gasteiger partial charge on any atom is -0.390 e. The molecule has 3 fully saturated rings. The summed E-state index contributed by atoms with van der Waals surface area (Å²) in [6.45, 7) is 14.4. The maximum absolute atomic E-state index is 11.0. The van der Waals surface area contributed by atoms with Gasteiger partial charge in [-0.15, -0.1) is 0 Å². The molecule has 32 heavy (non-hydrogen) atoms. The molecule has 0 bridgehead atoms. The van der Waals surface area contributed by atoms with E-state index < -0.39 is 11.7 Å². The number of aliphatic hydroxyl groups is 2. The highest BCUT2D eigenvalue weighted by Gasteiger charge is 2.48. The second kappa shape index (κ2) is 11.7. The third-order valence-corrected chi connectivity index (χ3v) is 8.17. The molecule has 182 valence electrons. The Morgan fingerprint density at radius 1 is 1.22 bits per heavy atom. The van der Waals surface area contributed by atoms with E-state index in [9.17, 15) is 15.1 Å². The molecule has 0 amide bonds. The Bertz CT molecular complexity index is 702. The Labute approximate surface area is 196 Å². The van der Waals surface area contributed by atoms with E-state index in [0.29, 0.717) is 24.2 Å². The van der Waals surface area contributed by atoms with Crippen LogP contribution in [0.1, 0.15) is 105 Å². The van der Waals surface area contributed by atoms with Crippen LogP contribution >= 0.6 is 0 Å². The number of aliphatic hydroxyl groups excluding tert-OH is 1. The number of hydrogen-bond donors (Lipinski definition) is 2. The third-order valence-electron chi connectivity index (χ3n) is 8.17. The SMILES string of the molecule is C=C1/C(=C\C=C2/CCCC3(C)[C@@H](CCCCC(C)(C)O)CC[C@@H]23)C[C@@H](N=O)CC1O.CC. The van der Waals surface area contributed by atoms with Crippen LogP contribution in [-0.2, 0) is 0 Å². The lowest BCUT2D eigenvalue weighted by molar-refractivity contribution is 0.0659. The van der Waals surface area contributed by atoms with Gasteiger partial charge < -0.3 is 10.2 Å². The van der Waals surface area contributed by atoms with Gasteiger partial charge in [-0.25, -0.2) is 0 Å². The number of fused-ring (bicyclic) bond motifs is 1. The summed E-state index contributed by atoms with van der Waals surface area (Å²) >= 11 is 0. The van der Waals surface area contributed by atoms with Gasteiger partial charge in [0.15, 0.2) is 0 Å². The van der Waals surface area contributed by atoms with Crippen molar-refractivity contribution in [1.82, 2.24) is 0 Å². The van der Waals surface area contributed by atoms with Crippen molar-refractivity contribution < 1.29 is 10.2 Å². The molecule has 0 aliphatic heterocycles. The summed E-state index contributed by atoms with van der Waals surface area (Å²) in [6.07, 6.45) is 15.5. The molecule has 0 spiro atoms. The van der Waals surface area contributed by atoms with Crippen molar-refractivity contribution in [3.63, 3.8) is 0 Å². The lowest BCUT2D eigenvalue weighted by atomic mass is 9.62. The van der Waals surface area contributed by atoms with Crippen molar-refractivity contribution in [2.45, 2.75) is 123 Å². The van der Waals surface area contributed by atoms with Gasteiger partial charge >= 0.3 is 0 Å². The van der Waals surface area contributed by atoms with Crippen molar-refractivity contribution in [2.75, 3.05) is 0 Å². The first-order valence-corrected chi connectivity index (χ1v) is 13.0. The van der Waals surface area contributed by atoms with E-state index in [1.807, 2.05) is 27.7 Å². The van der Waals surface area contributed by atoms with Gasteiger partial charge in [0.05, 0.1) is 17.7 Å². The van der Waals surface area contributed by atoms with Crippen LogP contribution in [-0.4, -0.2) is 28.0 Å². The smallest absolute Gasteiger partial charge is 0.0987 e. The lowest BCUT2D eigenvalue weighted by Crippen LogP contribution is -2.33. The first kappa shape index (κ1) is 27.0. The zero-order valence-electron chi connectivity index (χ0n) is 21.2. The minimum absolute atomic E-state index is 0.341. The lowest BCUT2D eigenvalue weighted by Gasteiger charge is -2.42. The molecule has 4 heteroatoms. The monoisotopic (exact) mass is 445 g/mol. The quantitative estimate of drug-likeness (QED) is 0.320. The Morgan fingerprint density at radius 2 is 1.94 bits per heavy atom. The van der Waals surface area contributed by atoms with E-state index >= 15 is 0 Å². The van der Waals surface area contributed by atoms with Crippen LogP contribution in [0.5, 0.6) is 0 Å². The number of rotatable bonds is 7. The van der Waals surface area contributed by atoms with Crippen LogP contribution in [0.15, 0.2) is 40.6 Å². The summed E-state index contributed by atoms with van der Waals surface area (Å²) in [5.74, 6) is 1.42. The molecule has 3 rings (SSSR count). The van der Waals surface area contributed by atoms with Gasteiger partial charge in [0.25, 0.3) is 0 Å². The molecule has 0 aromatic carbocycles. The van der Waals surface area contributed by atoms with Crippen LogP contribution in [0.4, 0.5) is 0 Å². The Hall–Kier alpha value is -1.26. The maximum atomic E-state index is 11.0. The van der Waals surface area contributed by atoms with Gasteiger partial charge in [-0.05, 0) is 93.6 Å². The highest BCUT2D eigenvalue weighted by molar-refractivity contribution is 5.39. The molecule has 3 aliphatic carbocycles. The highest BCUT2D eigenvalue weighted by atomic mass is 16.3. The number of nitroso groups, excluding NO2 is 1. The fraction of sp³-hybridized carbons (Fsp3) is 0.786. The average Bonchev–Trinajstić information content (AvgIpc) is 3.09. The number of unbranched alkanes of at least 4 members (excludes halogenated alkanes) is 1. The fourth-order valence-corrected chi connectivity index (χ4v) is 6.31. The Morgan fingerprint density at radius 3 is 2.59 bits per heavy atom. The van der Waals surface area contributed by atoms with Crippen LogP contribution in [0.3, 0.4) is 0 Å². The van der Waals surface area contributed by atoms with Crippen molar-refractivity contribution in [3.05, 3.63) is 40.4 Å². The highest BCUT2D eigenvalue weighted by Crippen LogP contribution is 2.58. The molecular weight excluding hydrogens is 398 g/mol. The van der Waals surface area contributed by atoms with E-state index in [2.05, 4.69) is 30.8 Å².